The highest BCUT2D eigenvalue weighted by Crippen LogP contribution is 2.36. The molecule has 1 aliphatic carbocycles. The molecule has 2 unspecified atom stereocenters. The van der Waals surface area contributed by atoms with E-state index < -0.39 is 0 Å². The normalized spacial score (nSPS) is 20.3. The van der Waals surface area contributed by atoms with Gasteiger partial charge in [0, 0.05) is 18.5 Å². The van der Waals surface area contributed by atoms with Crippen molar-refractivity contribution >= 4 is 22.6 Å². The number of nitrogens with one attached hydrogen (secondary N) is 2. The number of hydrogen-bond donors (Lipinski definition) is 2. The van der Waals surface area contributed by atoms with Crippen LogP contribution in [-0.4, -0.2) is 24.0 Å². The summed E-state index contributed by atoms with van der Waals surface area (Å²) in [4.78, 5) is 17.0. The quantitative estimate of drug-likeness (QED) is 0.886. The standard InChI is InChI=1S/C17H21N3O/c1-3-18-16-9-14(13-6-4-5-7-15(13)20-16)17(21)19-10-12-8-11(12)2/h4-7,9,11-12H,3,8,10H2,1-2H3,(H,18,20)(H,19,21). The fraction of sp³-hybridized carbons (Fsp3) is 0.412. The maximum absolute atomic E-state index is 12.5. The molecular formula is C17H21N3O. The highest BCUT2D eigenvalue weighted by Gasteiger charge is 2.32. The summed E-state index contributed by atoms with van der Waals surface area (Å²) in [6.45, 7) is 5.80. The molecule has 1 amide bonds. The Morgan fingerprint density at radius 1 is 1.38 bits per heavy atom. The van der Waals surface area contributed by atoms with E-state index in [1.165, 1.54) is 6.42 Å². The Morgan fingerprint density at radius 2 is 2.14 bits per heavy atom. The second-order valence-electron chi connectivity index (χ2n) is 5.79. The van der Waals surface area contributed by atoms with Gasteiger partial charge in [-0.1, -0.05) is 25.1 Å². The van der Waals surface area contributed by atoms with Gasteiger partial charge in [0.2, 0.25) is 0 Å². The second-order valence-corrected chi connectivity index (χ2v) is 5.79. The van der Waals surface area contributed by atoms with Crippen molar-refractivity contribution in [3.63, 3.8) is 0 Å². The lowest BCUT2D eigenvalue weighted by Crippen LogP contribution is -2.26. The Hall–Kier alpha value is -2.10. The van der Waals surface area contributed by atoms with E-state index in [0.29, 0.717) is 11.5 Å². The first kappa shape index (κ1) is 13.9. The molecule has 1 aromatic heterocycles. The molecule has 2 atom stereocenters. The average Bonchev–Trinajstić information content (AvgIpc) is 3.20. The van der Waals surface area contributed by atoms with Gasteiger partial charge in [-0.3, -0.25) is 4.79 Å². The van der Waals surface area contributed by atoms with Crippen LogP contribution in [0.25, 0.3) is 10.9 Å². The number of nitrogens with zero attached hydrogens (tertiary/aromatic N) is 1. The van der Waals surface area contributed by atoms with Crippen LogP contribution in [0.3, 0.4) is 0 Å². The summed E-state index contributed by atoms with van der Waals surface area (Å²) < 4.78 is 0. The van der Waals surface area contributed by atoms with Gasteiger partial charge in [-0.05, 0) is 37.3 Å². The summed E-state index contributed by atoms with van der Waals surface area (Å²) in [6, 6.07) is 9.62. The van der Waals surface area contributed by atoms with Crippen molar-refractivity contribution in [1.29, 1.82) is 0 Å². The van der Waals surface area contributed by atoms with Gasteiger partial charge in [-0.2, -0.15) is 0 Å². The Bertz CT molecular complexity index is 668. The van der Waals surface area contributed by atoms with Crippen LogP contribution < -0.4 is 10.6 Å². The molecule has 3 rings (SSSR count). The van der Waals surface area contributed by atoms with Gasteiger partial charge >= 0.3 is 0 Å². The maximum Gasteiger partial charge on any atom is 0.252 e. The van der Waals surface area contributed by atoms with E-state index in [1.807, 2.05) is 37.3 Å². The highest BCUT2D eigenvalue weighted by atomic mass is 16.1. The predicted octanol–water partition coefficient (Wildman–Crippen LogP) is 3.05. The first-order valence-corrected chi connectivity index (χ1v) is 7.61. The lowest BCUT2D eigenvalue weighted by atomic mass is 10.1. The minimum Gasteiger partial charge on any atom is -0.370 e. The third kappa shape index (κ3) is 2.99. The number of para-hydroxylation sites is 1. The van der Waals surface area contributed by atoms with Crippen LogP contribution in [0.1, 0.15) is 30.6 Å². The average molecular weight is 283 g/mol. The number of amides is 1. The van der Waals surface area contributed by atoms with Crippen molar-refractivity contribution < 1.29 is 4.79 Å². The van der Waals surface area contributed by atoms with Crippen molar-refractivity contribution in [3.05, 3.63) is 35.9 Å². The van der Waals surface area contributed by atoms with E-state index in [9.17, 15) is 4.79 Å². The van der Waals surface area contributed by atoms with Gasteiger partial charge in [0.15, 0.2) is 0 Å². The number of carbonyl (C=O) groups is 1. The number of rotatable bonds is 5. The van der Waals surface area contributed by atoms with Crippen molar-refractivity contribution in [1.82, 2.24) is 10.3 Å². The third-order valence-electron chi connectivity index (χ3n) is 4.12. The van der Waals surface area contributed by atoms with Crippen molar-refractivity contribution in [2.45, 2.75) is 20.3 Å². The second kappa shape index (κ2) is 5.72. The van der Waals surface area contributed by atoms with Gasteiger partial charge in [0.05, 0.1) is 11.1 Å². The Balaban J connectivity index is 1.89. The van der Waals surface area contributed by atoms with Crippen LogP contribution in [-0.2, 0) is 0 Å². The number of carbonyl (C=O) groups excluding carboxylic acids is 1. The highest BCUT2D eigenvalue weighted by molar-refractivity contribution is 6.06. The minimum atomic E-state index is -0.00754. The van der Waals surface area contributed by atoms with E-state index in [-0.39, 0.29) is 5.91 Å². The topological polar surface area (TPSA) is 54.0 Å². The van der Waals surface area contributed by atoms with Crippen molar-refractivity contribution in [2.75, 3.05) is 18.4 Å². The minimum absolute atomic E-state index is 0.00754. The number of anilines is 1. The van der Waals surface area contributed by atoms with Crippen LogP contribution in [0.4, 0.5) is 5.82 Å². The molecule has 0 radical (unpaired) electrons. The number of fused-ring (bicyclic) bond motifs is 1. The molecule has 0 bridgehead atoms. The Kier molecular flexibility index (Phi) is 3.78. The van der Waals surface area contributed by atoms with E-state index in [0.717, 1.165) is 35.7 Å². The molecular weight excluding hydrogens is 262 g/mol. The Labute approximate surface area is 125 Å². The number of hydrogen-bond acceptors (Lipinski definition) is 3. The maximum atomic E-state index is 12.5. The van der Waals surface area contributed by atoms with E-state index >= 15 is 0 Å². The van der Waals surface area contributed by atoms with Crippen molar-refractivity contribution in [2.24, 2.45) is 11.8 Å². The van der Waals surface area contributed by atoms with Crippen LogP contribution in [0.2, 0.25) is 0 Å². The lowest BCUT2D eigenvalue weighted by molar-refractivity contribution is 0.0953. The van der Waals surface area contributed by atoms with Gasteiger partial charge in [-0.15, -0.1) is 0 Å². The predicted molar refractivity (Wildman–Crippen MR) is 85.5 cm³/mol. The molecule has 21 heavy (non-hydrogen) atoms. The van der Waals surface area contributed by atoms with Gasteiger partial charge in [0.25, 0.3) is 5.91 Å². The zero-order valence-corrected chi connectivity index (χ0v) is 12.5. The smallest absolute Gasteiger partial charge is 0.252 e. The fourth-order valence-electron chi connectivity index (χ4n) is 2.64. The first-order chi connectivity index (χ1) is 10.2. The number of pyridine rings is 1. The van der Waals surface area contributed by atoms with Crippen LogP contribution in [0, 0.1) is 11.8 Å². The fourth-order valence-corrected chi connectivity index (χ4v) is 2.64. The largest absolute Gasteiger partial charge is 0.370 e. The zero-order valence-electron chi connectivity index (χ0n) is 12.5. The molecule has 110 valence electrons. The first-order valence-electron chi connectivity index (χ1n) is 7.61. The summed E-state index contributed by atoms with van der Waals surface area (Å²) in [5.41, 5.74) is 1.55. The third-order valence-corrected chi connectivity index (χ3v) is 4.12. The molecule has 1 heterocycles. The van der Waals surface area contributed by atoms with Crippen LogP contribution in [0.15, 0.2) is 30.3 Å². The molecule has 4 heteroatoms. The van der Waals surface area contributed by atoms with Crippen LogP contribution >= 0.6 is 0 Å². The lowest BCUT2D eigenvalue weighted by Gasteiger charge is -2.10. The molecule has 2 N–H and O–H groups in total. The van der Waals surface area contributed by atoms with E-state index in [1.54, 1.807) is 0 Å². The molecule has 4 nitrogen and oxygen atoms in total. The van der Waals surface area contributed by atoms with Crippen molar-refractivity contribution in [3.8, 4) is 0 Å². The molecule has 0 saturated heterocycles. The van der Waals surface area contributed by atoms with Gasteiger partial charge in [-0.25, -0.2) is 4.98 Å². The molecule has 1 aromatic carbocycles. The summed E-state index contributed by atoms with van der Waals surface area (Å²) >= 11 is 0. The summed E-state index contributed by atoms with van der Waals surface area (Å²) in [5, 5.41) is 7.15. The Morgan fingerprint density at radius 3 is 2.86 bits per heavy atom. The summed E-state index contributed by atoms with van der Waals surface area (Å²) in [7, 11) is 0. The summed E-state index contributed by atoms with van der Waals surface area (Å²) in [5.74, 6) is 2.14. The monoisotopic (exact) mass is 283 g/mol. The SMILES string of the molecule is CCNc1cc(C(=O)NCC2CC2C)c2ccccc2n1. The van der Waals surface area contributed by atoms with Gasteiger partial charge < -0.3 is 10.6 Å². The number of benzene rings is 1. The molecule has 1 aliphatic rings. The molecule has 1 fully saturated rings. The molecule has 2 aromatic rings. The van der Waals surface area contributed by atoms with E-state index in [4.69, 9.17) is 0 Å². The van der Waals surface area contributed by atoms with E-state index in [2.05, 4.69) is 22.5 Å². The molecule has 0 aliphatic heterocycles. The zero-order chi connectivity index (χ0) is 14.8. The summed E-state index contributed by atoms with van der Waals surface area (Å²) in [6.07, 6.45) is 1.22. The number of aromatic nitrogens is 1. The molecule has 1 saturated carbocycles. The van der Waals surface area contributed by atoms with Gasteiger partial charge in [0.1, 0.15) is 5.82 Å². The molecule has 0 spiro atoms. The van der Waals surface area contributed by atoms with Crippen LogP contribution in [0.5, 0.6) is 0 Å².